The fourth-order valence-corrected chi connectivity index (χ4v) is 3.07. The Morgan fingerprint density at radius 3 is 2.29 bits per heavy atom. The van der Waals surface area contributed by atoms with Crippen LogP contribution in [-0.4, -0.2) is 11.8 Å². The van der Waals surface area contributed by atoms with E-state index in [1.54, 1.807) is 67.1 Å². The van der Waals surface area contributed by atoms with E-state index in [4.69, 9.17) is 8.83 Å². The van der Waals surface area contributed by atoms with Crippen molar-refractivity contribution in [3.8, 4) is 0 Å². The van der Waals surface area contributed by atoms with Crippen LogP contribution in [0.1, 0.15) is 27.4 Å². The van der Waals surface area contributed by atoms with Crippen molar-refractivity contribution in [3.63, 3.8) is 0 Å². The van der Waals surface area contributed by atoms with Gasteiger partial charge in [0.1, 0.15) is 11.5 Å². The van der Waals surface area contributed by atoms with E-state index in [2.05, 4.69) is 10.6 Å². The van der Waals surface area contributed by atoms with Crippen LogP contribution in [0, 0.1) is 0 Å². The van der Waals surface area contributed by atoms with Crippen LogP contribution < -0.4 is 10.6 Å². The zero-order valence-corrected chi connectivity index (χ0v) is 16.6. The third-order valence-corrected chi connectivity index (χ3v) is 4.58. The van der Waals surface area contributed by atoms with Crippen molar-refractivity contribution >= 4 is 29.2 Å². The Morgan fingerprint density at radius 1 is 0.806 bits per heavy atom. The van der Waals surface area contributed by atoms with Gasteiger partial charge in [-0.1, -0.05) is 42.5 Å². The van der Waals surface area contributed by atoms with E-state index in [1.165, 1.54) is 0 Å². The van der Waals surface area contributed by atoms with Crippen molar-refractivity contribution in [3.05, 3.63) is 114 Å². The number of anilines is 1. The summed E-state index contributed by atoms with van der Waals surface area (Å²) in [6, 6.07) is 23.2. The van der Waals surface area contributed by atoms with Crippen molar-refractivity contribution in [1.29, 1.82) is 0 Å². The monoisotopic (exact) mass is 412 g/mol. The molecule has 6 nitrogen and oxygen atoms in total. The SMILES string of the molecule is O=C(Nc1ccccc1C(=O)NCc1ccco1)C(=Cc1ccco1)c1ccccc1. The minimum Gasteiger partial charge on any atom is -0.467 e. The topological polar surface area (TPSA) is 84.5 Å². The molecule has 0 atom stereocenters. The van der Waals surface area contributed by atoms with Crippen LogP contribution in [0.2, 0.25) is 0 Å². The predicted molar refractivity (Wildman–Crippen MR) is 118 cm³/mol. The molecule has 6 heteroatoms. The lowest BCUT2D eigenvalue weighted by molar-refractivity contribution is -0.111. The maximum absolute atomic E-state index is 13.2. The molecule has 0 aliphatic rings. The van der Waals surface area contributed by atoms with Gasteiger partial charge in [0.25, 0.3) is 11.8 Å². The summed E-state index contributed by atoms with van der Waals surface area (Å²) >= 11 is 0. The molecule has 2 aromatic heterocycles. The van der Waals surface area contributed by atoms with Crippen molar-refractivity contribution in [2.75, 3.05) is 5.32 Å². The van der Waals surface area contributed by atoms with Crippen molar-refractivity contribution in [1.82, 2.24) is 5.32 Å². The lowest BCUT2D eigenvalue weighted by Crippen LogP contribution is -2.24. The number of rotatable bonds is 7. The molecule has 2 N–H and O–H groups in total. The van der Waals surface area contributed by atoms with Gasteiger partial charge < -0.3 is 19.5 Å². The molecule has 0 aliphatic heterocycles. The molecular weight excluding hydrogens is 392 g/mol. The Bertz CT molecular complexity index is 1180. The van der Waals surface area contributed by atoms with Gasteiger partial charge in [0.05, 0.1) is 35.9 Å². The third kappa shape index (κ3) is 5.00. The Balaban J connectivity index is 1.57. The number of hydrogen-bond acceptors (Lipinski definition) is 4. The number of benzene rings is 2. The van der Waals surface area contributed by atoms with Crippen LogP contribution in [0.25, 0.3) is 11.6 Å². The van der Waals surface area contributed by atoms with Crippen LogP contribution in [-0.2, 0) is 11.3 Å². The van der Waals surface area contributed by atoms with Crippen LogP contribution in [0.3, 0.4) is 0 Å². The third-order valence-electron chi connectivity index (χ3n) is 4.58. The molecule has 0 saturated heterocycles. The van der Waals surface area contributed by atoms with E-state index in [1.807, 2.05) is 30.3 Å². The Labute approximate surface area is 179 Å². The predicted octanol–water partition coefficient (Wildman–Crippen LogP) is 4.98. The number of carbonyl (C=O) groups excluding carboxylic acids is 2. The first kappa shape index (κ1) is 20.0. The van der Waals surface area contributed by atoms with Gasteiger partial charge in [-0.05, 0) is 48.0 Å². The molecule has 0 aliphatic carbocycles. The van der Waals surface area contributed by atoms with Crippen molar-refractivity contribution in [2.24, 2.45) is 0 Å². The molecule has 4 rings (SSSR count). The lowest BCUT2D eigenvalue weighted by Gasteiger charge is -2.13. The molecule has 0 bridgehead atoms. The summed E-state index contributed by atoms with van der Waals surface area (Å²) in [5.41, 5.74) is 1.91. The molecule has 0 saturated carbocycles. The van der Waals surface area contributed by atoms with Crippen LogP contribution in [0.15, 0.2) is 100 Å². The number of furan rings is 2. The summed E-state index contributed by atoms with van der Waals surface area (Å²) < 4.78 is 10.6. The number of amides is 2. The highest BCUT2D eigenvalue weighted by atomic mass is 16.3. The Hall–Kier alpha value is -4.32. The van der Waals surface area contributed by atoms with E-state index in [-0.39, 0.29) is 18.4 Å². The summed E-state index contributed by atoms with van der Waals surface area (Å²) in [4.78, 5) is 25.9. The molecule has 31 heavy (non-hydrogen) atoms. The maximum Gasteiger partial charge on any atom is 0.256 e. The molecule has 0 radical (unpaired) electrons. The van der Waals surface area contributed by atoms with Crippen LogP contribution >= 0.6 is 0 Å². The summed E-state index contributed by atoms with van der Waals surface area (Å²) in [7, 11) is 0. The van der Waals surface area contributed by atoms with Crippen LogP contribution in [0.4, 0.5) is 5.69 Å². The summed E-state index contributed by atoms with van der Waals surface area (Å²) in [6.45, 7) is 0.252. The summed E-state index contributed by atoms with van der Waals surface area (Å²) in [5.74, 6) is 0.526. The lowest BCUT2D eigenvalue weighted by atomic mass is 10.0. The van der Waals surface area contributed by atoms with E-state index in [9.17, 15) is 9.59 Å². The smallest absolute Gasteiger partial charge is 0.256 e. The molecular formula is C25H20N2O4. The van der Waals surface area contributed by atoms with Crippen LogP contribution in [0.5, 0.6) is 0 Å². The minimum atomic E-state index is -0.353. The molecule has 2 aromatic carbocycles. The van der Waals surface area contributed by atoms with Gasteiger partial charge in [-0.2, -0.15) is 0 Å². The highest BCUT2D eigenvalue weighted by molar-refractivity contribution is 6.29. The molecule has 154 valence electrons. The van der Waals surface area contributed by atoms with Gasteiger partial charge in [-0.3, -0.25) is 9.59 Å². The second-order valence-electron chi connectivity index (χ2n) is 6.70. The van der Waals surface area contributed by atoms with Gasteiger partial charge in [0.2, 0.25) is 0 Å². The number of para-hydroxylation sites is 1. The van der Waals surface area contributed by atoms with Gasteiger partial charge in [0, 0.05) is 0 Å². The highest BCUT2D eigenvalue weighted by Crippen LogP contribution is 2.23. The average molecular weight is 412 g/mol. The van der Waals surface area contributed by atoms with E-state index in [0.29, 0.717) is 28.3 Å². The van der Waals surface area contributed by atoms with E-state index in [0.717, 1.165) is 5.56 Å². The highest BCUT2D eigenvalue weighted by Gasteiger charge is 2.17. The average Bonchev–Trinajstić information content (AvgIpc) is 3.51. The first-order chi connectivity index (χ1) is 15.2. The zero-order chi connectivity index (χ0) is 21.5. The Morgan fingerprint density at radius 2 is 1.55 bits per heavy atom. The molecule has 0 fully saturated rings. The van der Waals surface area contributed by atoms with Crippen molar-refractivity contribution in [2.45, 2.75) is 6.54 Å². The molecule has 2 amide bonds. The fraction of sp³-hybridized carbons (Fsp3) is 0.0400. The number of nitrogens with one attached hydrogen (secondary N) is 2. The largest absolute Gasteiger partial charge is 0.467 e. The molecule has 0 spiro atoms. The van der Waals surface area contributed by atoms with E-state index < -0.39 is 0 Å². The molecule has 2 heterocycles. The number of carbonyl (C=O) groups is 2. The first-order valence-electron chi connectivity index (χ1n) is 9.72. The Kier molecular flexibility index (Phi) is 6.09. The van der Waals surface area contributed by atoms with E-state index >= 15 is 0 Å². The molecule has 4 aromatic rings. The normalized spacial score (nSPS) is 11.2. The van der Waals surface area contributed by atoms with Gasteiger partial charge in [-0.25, -0.2) is 0 Å². The summed E-state index contributed by atoms with van der Waals surface area (Å²) in [5, 5.41) is 5.66. The maximum atomic E-state index is 13.2. The number of hydrogen-bond donors (Lipinski definition) is 2. The minimum absolute atomic E-state index is 0.252. The first-order valence-corrected chi connectivity index (χ1v) is 9.72. The van der Waals surface area contributed by atoms with Gasteiger partial charge in [0.15, 0.2) is 0 Å². The van der Waals surface area contributed by atoms with Gasteiger partial charge >= 0.3 is 0 Å². The quantitative estimate of drug-likeness (QED) is 0.419. The fourth-order valence-electron chi connectivity index (χ4n) is 3.07. The second kappa shape index (κ2) is 9.45. The zero-order valence-electron chi connectivity index (χ0n) is 16.6. The summed E-state index contributed by atoms with van der Waals surface area (Å²) in [6.07, 6.45) is 4.77. The van der Waals surface area contributed by atoms with Gasteiger partial charge in [-0.15, -0.1) is 0 Å². The molecule has 0 unspecified atom stereocenters. The van der Waals surface area contributed by atoms with Crippen molar-refractivity contribution < 1.29 is 18.4 Å². The second-order valence-corrected chi connectivity index (χ2v) is 6.70. The standard InChI is InChI=1S/C25H20N2O4/c28-24(26-17-20-11-7-15-31-20)21-12-4-5-13-23(21)27-25(29)22(16-19-10-6-14-30-19)18-8-2-1-3-9-18/h1-16H,17H2,(H,26,28)(H,27,29).